The van der Waals surface area contributed by atoms with Gasteiger partial charge in [0.25, 0.3) is 11.7 Å². The quantitative estimate of drug-likeness (QED) is 0.320. The van der Waals surface area contributed by atoms with Gasteiger partial charge < -0.3 is 19.5 Å². The average Bonchev–Trinajstić information content (AvgIpc) is 3.10. The highest BCUT2D eigenvalue weighted by Gasteiger charge is 2.46. The number of aliphatic hydroxyl groups is 1. The molecular formula is C27H26N2O5. The fourth-order valence-corrected chi connectivity index (χ4v) is 4.13. The number of hydrogen-bond donors (Lipinski definition) is 1. The van der Waals surface area contributed by atoms with Crippen molar-refractivity contribution in [1.29, 1.82) is 0 Å². The Balaban J connectivity index is 1.83. The van der Waals surface area contributed by atoms with Crippen LogP contribution in [-0.4, -0.2) is 40.4 Å². The highest BCUT2D eigenvalue weighted by atomic mass is 16.5. The summed E-state index contributed by atoms with van der Waals surface area (Å²) in [6.07, 6.45) is 3.30. The van der Waals surface area contributed by atoms with Crippen LogP contribution in [0.5, 0.6) is 11.5 Å². The number of aliphatic hydroxyl groups excluding tert-OH is 1. The SMILES string of the molecule is CCOc1ccc(/C(O)=C2/C(=O)C(=O)N(Cc3cccnc3)C2c2ccc(OC)cc2)cc1C. The summed E-state index contributed by atoms with van der Waals surface area (Å²) >= 11 is 0. The maximum absolute atomic E-state index is 13.2. The van der Waals surface area contributed by atoms with Crippen LogP contribution < -0.4 is 9.47 Å². The van der Waals surface area contributed by atoms with Crippen LogP contribution in [0.15, 0.2) is 72.6 Å². The van der Waals surface area contributed by atoms with Crippen molar-refractivity contribution in [2.75, 3.05) is 13.7 Å². The second-order valence-corrected chi connectivity index (χ2v) is 7.97. The van der Waals surface area contributed by atoms with E-state index in [9.17, 15) is 14.7 Å². The van der Waals surface area contributed by atoms with Gasteiger partial charge >= 0.3 is 0 Å². The van der Waals surface area contributed by atoms with Crippen molar-refractivity contribution in [1.82, 2.24) is 9.88 Å². The van der Waals surface area contributed by atoms with Crippen LogP contribution in [0.25, 0.3) is 5.76 Å². The third-order valence-electron chi connectivity index (χ3n) is 5.80. The second-order valence-electron chi connectivity index (χ2n) is 7.97. The zero-order valence-corrected chi connectivity index (χ0v) is 19.3. The van der Waals surface area contributed by atoms with Gasteiger partial charge in [0, 0.05) is 24.5 Å². The zero-order chi connectivity index (χ0) is 24.2. The van der Waals surface area contributed by atoms with Crippen LogP contribution in [-0.2, 0) is 16.1 Å². The van der Waals surface area contributed by atoms with Crippen LogP contribution in [0.4, 0.5) is 0 Å². The third kappa shape index (κ3) is 4.37. The van der Waals surface area contributed by atoms with Gasteiger partial charge in [-0.25, -0.2) is 0 Å². The van der Waals surface area contributed by atoms with Gasteiger partial charge in [0.15, 0.2) is 0 Å². The molecule has 1 atom stereocenters. The van der Waals surface area contributed by atoms with Gasteiger partial charge in [-0.05, 0) is 66.9 Å². The predicted octanol–water partition coefficient (Wildman–Crippen LogP) is 4.42. The number of Topliss-reactive ketones (excluding diaryl/α,β-unsaturated/α-hetero) is 1. The molecule has 0 spiro atoms. The number of aromatic nitrogens is 1. The lowest BCUT2D eigenvalue weighted by atomic mass is 9.94. The Morgan fingerprint density at radius 2 is 1.88 bits per heavy atom. The van der Waals surface area contributed by atoms with Gasteiger partial charge in [-0.3, -0.25) is 14.6 Å². The van der Waals surface area contributed by atoms with Gasteiger partial charge in [-0.1, -0.05) is 18.2 Å². The van der Waals surface area contributed by atoms with E-state index in [0.717, 1.165) is 11.1 Å². The first-order valence-corrected chi connectivity index (χ1v) is 11.0. The van der Waals surface area contributed by atoms with Crippen LogP contribution in [0.2, 0.25) is 0 Å². The largest absolute Gasteiger partial charge is 0.507 e. The fourth-order valence-electron chi connectivity index (χ4n) is 4.13. The molecule has 1 amide bonds. The smallest absolute Gasteiger partial charge is 0.295 e. The molecule has 1 aromatic heterocycles. The van der Waals surface area contributed by atoms with Gasteiger partial charge in [0.1, 0.15) is 17.3 Å². The summed E-state index contributed by atoms with van der Waals surface area (Å²) in [6.45, 7) is 4.45. The van der Waals surface area contributed by atoms with Crippen LogP contribution in [0, 0.1) is 6.92 Å². The number of rotatable bonds is 7. The topological polar surface area (TPSA) is 89.0 Å². The Morgan fingerprint density at radius 1 is 1.12 bits per heavy atom. The molecule has 1 unspecified atom stereocenters. The number of carbonyl (C=O) groups is 2. The van der Waals surface area contributed by atoms with Crippen LogP contribution in [0.3, 0.4) is 0 Å². The lowest BCUT2D eigenvalue weighted by molar-refractivity contribution is -0.140. The first-order chi connectivity index (χ1) is 16.4. The van der Waals surface area contributed by atoms with Crippen molar-refractivity contribution in [3.8, 4) is 11.5 Å². The number of aryl methyl sites for hydroxylation is 1. The Kier molecular flexibility index (Phi) is 6.63. The molecule has 0 radical (unpaired) electrons. The number of methoxy groups -OCH3 is 1. The van der Waals surface area contributed by atoms with Crippen molar-refractivity contribution in [3.05, 3.63) is 94.8 Å². The maximum Gasteiger partial charge on any atom is 0.295 e. The third-order valence-corrected chi connectivity index (χ3v) is 5.80. The summed E-state index contributed by atoms with van der Waals surface area (Å²) in [5.41, 5.74) is 2.77. The van der Waals surface area contributed by atoms with E-state index in [-0.39, 0.29) is 17.9 Å². The molecule has 0 saturated carbocycles. The van der Waals surface area contributed by atoms with E-state index in [1.807, 2.05) is 19.9 Å². The molecule has 3 aromatic rings. The summed E-state index contributed by atoms with van der Waals surface area (Å²) in [7, 11) is 1.57. The number of carbonyl (C=O) groups excluding carboxylic acids is 2. The van der Waals surface area contributed by atoms with Crippen LogP contribution >= 0.6 is 0 Å². The van der Waals surface area contributed by atoms with E-state index in [1.54, 1.807) is 68.0 Å². The van der Waals surface area contributed by atoms with Gasteiger partial charge in [0.05, 0.1) is 25.3 Å². The lowest BCUT2D eigenvalue weighted by Gasteiger charge is -2.25. The molecule has 1 aliphatic rings. The summed E-state index contributed by atoms with van der Waals surface area (Å²) < 4.78 is 10.8. The molecule has 1 fully saturated rings. The first kappa shape index (κ1) is 23.0. The van der Waals surface area contributed by atoms with Crippen molar-refractivity contribution in [2.24, 2.45) is 0 Å². The second kappa shape index (κ2) is 9.79. The molecular weight excluding hydrogens is 432 g/mol. The number of amides is 1. The Labute approximate surface area is 198 Å². The summed E-state index contributed by atoms with van der Waals surface area (Å²) in [4.78, 5) is 31.9. The number of pyridine rings is 1. The molecule has 2 aromatic carbocycles. The van der Waals surface area contributed by atoms with E-state index in [4.69, 9.17) is 9.47 Å². The normalized spacial score (nSPS) is 17.1. The summed E-state index contributed by atoms with van der Waals surface area (Å²) in [5.74, 6) is -0.278. The molecule has 1 aliphatic heterocycles. The molecule has 2 heterocycles. The molecule has 1 saturated heterocycles. The number of benzene rings is 2. The standard InChI is InChI=1S/C27H26N2O5/c1-4-34-22-12-9-20(14-17(22)2)25(30)23-24(19-7-10-21(33-3)11-8-19)29(27(32)26(23)31)16-18-6-5-13-28-15-18/h5-15,24,30H,4,16H2,1-3H3/b25-23-. The average molecular weight is 459 g/mol. The van der Waals surface area contributed by atoms with E-state index < -0.39 is 17.7 Å². The lowest BCUT2D eigenvalue weighted by Crippen LogP contribution is -2.29. The minimum atomic E-state index is -0.766. The van der Waals surface area contributed by atoms with Gasteiger partial charge in [-0.2, -0.15) is 0 Å². The number of ether oxygens (including phenoxy) is 2. The Bertz CT molecular complexity index is 1240. The van der Waals surface area contributed by atoms with E-state index in [1.165, 1.54) is 4.90 Å². The molecule has 174 valence electrons. The summed E-state index contributed by atoms with van der Waals surface area (Å²) in [6, 6.07) is 15.2. The molecule has 34 heavy (non-hydrogen) atoms. The number of likely N-dealkylation sites (tertiary alicyclic amines) is 1. The Hall–Kier alpha value is -4.13. The molecule has 7 nitrogen and oxygen atoms in total. The van der Waals surface area contributed by atoms with E-state index >= 15 is 0 Å². The number of nitrogens with zero attached hydrogens (tertiary/aromatic N) is 2. The van der Waals surface area contributed by atoms with Crippen molar-refractivity contribution in [2.45, 2.75) is 26.4 Å². The molecule has 0 aliphatic carbocycles. The monoisotopic (exact) mass is 458 g/mol. The molecule has 4 rings (SSSR count). The highest BCUT2D eigenvalue weighted by Crippen LogP contribution is 2.41. The minimum absolute atomic E-state index is 0.0441. The fraction of sp³-hybridized carbons (Fsp3) is 0.222. The molecule has 1 N–H and O–H groups in total. The van der Waals surface area contributed by atoms with Crippen molar-refractivity contribution < 1.29 is 24.2 Å². The number of ketones is 1. The highest BCUT2D eigenvalue weighted by molar-refractivity contribution is 6.46. The van der Waals surface area contributed by atoms with E-state index in [2.05, 4.69) is 4.98 Å². The van der Waals surface area contributed by atoms with Crippen molar-refractivity contribution in [3.63, 3.8) is 0 Å². The maximum atomic E-state index is 13.2. The zero-order valence-electron chi connectivity index (χ0n) is 19.3. The van der Waals surface area contributed by atoms with E-state index in [0.29, 0.717) is 29.2 Å². The first-order valence-electron chi connectivity index (χ1n) is 11.0. The summed E-state index contributed by atoms with van der Waals surface area (Å²) in [5, 5.41) is 11.3. The Morgan fingerprint density at radius 3 is 2.50 bits per heavy atom. The molecule has 0 bridgehead atoms. The number of hydrogen-bond acceptors (Lipinski definition) is 6. The van der Waals surface area contributed by atoms with Crippen LogP contribution in [0.1, 0.15) is 35.2 Å². The van der Waals surface area contributed by atoms with Gasteiger partial charge in [-0.15, -0.1) is 0 Å². The predicted molar refractivity (Wildman–Crippen MR) is 127 cm³/mol. The minimum Gasteiger partial charge on any atom is -0.507 e. The van der Waals surface area contributed by atoms with Crippen molar-refractivity contribution >= 4 is 17.4 Å². The molecule has 7 heteroatoms. The van der Waals surface area contributed by atoms with Gasteiger partial charge in [0.2, 0.25) is 0 Å².